The monoisotopic (exact) mass is 307 g/mol. The Labute approximate surface area is 113 Å². The van der Waals surface area contributed by atoms with Crippen molar-refractivity contribution in [3.05, 3.63) is 46.0 Å². The first kappa shape index (κ1) is 14.3. The molecule has 0 fully saturated rings. The maximum Gasteiger partial charge on any atom is 0.283 e. The van der Waals surface area contributed by atoms with Crippen molar-refractivity contribution in [1.29, 1.82) is 5.26 Å². The zero-order valence-corrected chi connectivity index (χ0v) is 10.1. The van der Waals surface area contributed by atoms with Gasteiger partial charge in [0.15, 0.2) is 22.6 Å². The van der Waals surface area contributed by atoms with Crippen molar-refractivity contribution in [1.82, 2.24) is 9.78 Å². The Balaban J connectivity index is 2.68. The minimum Gasteiger partial charge on any atom is -0.220 e. The number of rotatable bonds is 2. The van der Waals surface area contributed by atoms with Gasteiger partial charge in [0.2, 0.25) is 0 Å². The molecule has 0 N–H and O–H groups in total. The van der Waals surface area contributed by atoms with Crippen LogP contribution in [0.4, 0.5) is 22.0 Å². The van der Waals surface area contributed by atoms with E-state index in [9.17, 15) is 22.0 Å². The van der Waals surface area contributed by atoms with E-state index in [2.05, 4.69) is 5.10 Å². The largest absolute Gasteiger partial charge is 0.283 e. The molecule has 104 valence electrons. The molecule has 1 aromatic heterocycles. The van der Waals surface area contributed by atoms with Gasteiger partial charge in [-0.15, -0.1) is 0 Å². The predicted octanol–water partition coefficient (Wildman–Crippen LogP) is 3.75. The van der Waals surface area contributed by atoms with Crippen molar-refractivity contribution in [2.75, 3.05) is 0 Å². The number of aromatic nitrogens is 2. The lowest BCUT2D eigenvalue weighted by Crippen LogP contribution is -2.01. The summed E-state index contributed by atoms with van der Waals surface area (Å²) < 4.78 is 64.8. The summed E-state index contributed by atoms with van der Waals surface area (Å²) in [7, 11) is 0. The minimum atomic E-state index is -3.10. The standard InChI is InChI=1S/C11H3ClF5N3/c12-10-5(3-18)9(11(16)17)19-20(10)4-1-6(13)8(15)7(14)2-4/h1-2,11H. The van der Waals surface area contributed by atoms with Gasteiger partial charge >= 0.3 is 0 Å². The van der Waals surface area contributed by atoms with Gasteiger partial charge in [-0.05, 0) is 0 Å². The number of halogens is 6. The van der Waals surface area contributed by atoms with Crippen LogP contribution in [0, 0.1) is 28.8 Å². The van der Waals surface area contributed by atoms with Crippen molar-refractivity contribution in [2.24, 2.45) is 0 Å². The molecule has 1 aromatic carbocycles. The lowest BCUT2D eigenvalue weighted by molar-refractivity contribution is 0.145. The molecular formula is C11H3ClF5N3. The van der Waals surface area contributed by atoms with E-state index < -0.39 is 46.0 Å². The van der Waals surface area contributed by atoms with Crippen LogP contribution in [0.15, 0.2) is 12.1 Å². The van der Waals surface area contributed by atoms with Crippen LogP contribution < -0.4 is 0 Å². The smallest absolute Gasteiger partial charge is 0.220 e. The van der Waals surface area contributed by atoms with Gasteiger partial charge in [0, 0.05) is 12.1 Å². The number of nitrogens with zero attached hydrogens (tertiary/aromatic N) is 3. The molecule has 9 heteroatoms. The van der Waals surface area contributed by atoms with Gasteiger partial charge in [-0.2, -0.15) is 10.4 Å². The van der Waals surface area contributed by atoms with E-state index in [-0.39, 0.29) is 0 Å². The SMILES string of the molecule is N#Cc1c(C(F)F)nn(-c2cc(F)c(F)c(F)c2)c1Cl. The fourth-order valence-corrected chi connectivity index (χ4v) is 1.78. The summed E-state index contributed by atoms with van der Waals surface area (Å²) in [6.07, 6.45) is -3.10. The Morgan fingerprint density at radius 2 is 1.75 bits per heavy atom. The van der Waals surface area contributed by atoms with Crippen LogP contribution in [-0.4, -0.2) is 9.78 Å². The molecule has 2 aromatic rings. The lowest BCUT2D eigenvalue weighted by atomic mass is 10.2. The van der Waals surface area contributed by atoms with Crippen molar-refractivity contribution < 1.29 is 22.0 Å². The van der Waals surface area contributed by atoms with Crippen LogP contribution in [0.25, 0.3) is 5.69 Å². The number of hydrogen-bond acceptors (Lipinski definition) is 2. The summed E-state index contributed by atoms with van der Waals surface area (Å²) in [5.41, 5.74) is -1.97. The molecule has 0 atom stereocenters. The second kappa shape index (κ2) is 5.09. The van der Waals surface area contributed by atoms with Gasteiger partial charge in [-0.3, -0.25) is 0 Å². The molecule has 0 saturated carbocycles. The summed E-state index contributed by atoms with van der Waals surface area (Å²) in [4.78, 5) is 0. The molecule has 0 radical (unpaired) electrons. The second-order valence-electron chi connectivity index (χ2n) is 3.60. The molecule has 0 aliphatic carbocycles. The topological polar surface area (TPSA) is 41.6 Å². The van der Waals surface area contributed by atoms with E-state index in [0.717, 1.165) is 0 Å². The van der Waals surface area contributed by atoms with Crippen LogP contribution in [0.2, 0.25) is 5.15 Å². The normalized spacial score (nSPS) is 10.9. The lowest BCUT2D eigenvalue weighted by Gasteiger charge is -2.04. The van der Waals surface area contributed by atoms with Crippen LogP contribution in [0.1, 0.15) is 17.7 Å². The Morgan fingerprint density at radius 3 is 2.15 bits per heavy atom. The Bertz CT molecular complexity index is 697. The van der Waals surface area contributed by atoms with Gasteiger partial charge in [0.1, 0.15) is 17.3 Å². The van der Waals surface area contributed by atoms with Crippen LogP contribution in [0.5, 0.6) is 0 Å². The van der Waals surface area contributed by atoms with E-state index in [0.29, 0.717) is 16.8 Å². The van der Waals surface area contributed by atoms with Gasteiger partial charge in [-0.25, -0.2) is 26.6 Å². The highest BCUT2D eigenvalue weighted by Gasteiger charge is 2.24. The average Bonchev–Trinajstić information content (AvgIpc) is 2.72. The molecule has 0 aliphatic heterocycles. The van der Waals surface area contributed by atoms with Crippen molar-refractivity contribution >= 4 is 11.6 Å². The summed E-state index contributed by atoms with van der Waals surface area (Å²) in [5, 5.41) is 11.5. The summed E-state index contributed by atoms with van der Waals surface area (Å²) in [5.74, 6) is -4.79. The zero-order chi connectivity index (χ0) is 15.0. The Kier molecular flexibility index (Phi) is 3.63. The number of alkyl halides is 2. The first-order valence-electron chi connectivity index (χ1n) is 4.98. The second-order valence-corrected chi connectivity index (χ2v) is 3.96. The maximum atomic E-state index is 13.1. The highest BCUT2D eigenvalue weighted by atomic mass is 35.5. The van der Waals surface area contributed by atoms with E-state index in [1.165, 1.54) is 6.07 Å². The first-order valence-corrected chi connectivity index (χ1v) is 5.36. The molecule has 0 bridgehead atoms. The molecule has 0 aliphatic rings. The van der Waals surface area contributed by atoms with Crippen molar-refractivity contribution in [3.8, 4) is 11.8 Å². The molecule has 0 saturated heterocycles. The fraction of sp³-hybridized carbons (Fsp3) is 0.0909. The highest BCUT2D eigenvalue weighted by Crippen LogP contribution is 2.30. The first-order chi connectivity index (χ1) is 9.36. The fourth-order valence-electron chi connectivity index (χ4n) is 1.50. The quantitative estimate of drug-likeness (QED) is 0.626. The highest BCUT2D eigenvalue weighted by molar-refractivity contribution is 6.31. The van der Waals surface area contributed by atoms with Gasteiger partial charge < -0.3 is 0 Å². The molecule has 0 amide bonds. The molecule has 20 heavy (non-hydrogen) atoms. The summed E-state index contributed by atoms with van der Waals surface area (Å²) in [6, 6.07) is 2.46. The zero-order valence-electron chi connectivity index (χ0n) is 9.34. The van der Waals surface area contributed by atoms with E-state index >= 15 is 0 Å². The number of hydrogen-bond donors (Lipinski definition) is 0. The van der Waals surface area contributed by atoms with E-state index in [1.54, 1.807) is 0 Å². The van der Waals surface area contributed by atoms with Gasteiger partial charge in [-0.1, -0.05) is 11.6 Å². The Hall–Kier alpha value is -2.14. The van der Waals surface area contributed by atoms with Crippen LogP contribution in [-0.2, 0) is 0 Å². The molecular weight excluding hydrogens is 305 g/mol. The van der Waals surface area contributed by atoms with E-state index in [4.69, 9.17) is 16.9 Å². The average molecular weight is 308 g/mol. The number of nitriles is 1. The van der Waals surface area contributed by atoms with Gasteiger partial charge in [0.25, 0.3) is 6.43 Å². The maximum absolute atomic E-state index is 13.1. The summed E-state index contributed by atoms with van der Waals surface area (Å²) in [6.45, 7) is 0. The van der Waals surface area contributed by atoms with Crippen molar-refractivity contribution in [3.63, 3.8) is 0 Å². The third-order valence-corrected chi connectivity index (χ3v) is 2.74. The molecule has 0 unspecified atom stereocenters. The molecule has 3 nitrogen and oxygen atoms in total. The van der Waals surface area contributed by atoms with Crippen LogP contribution in [0.3, 0.4) is 0 Å². The van der Waals surface area contributed by atoms with Gasteiger partial charge in [0.05, 0.1) is 5.69 Å². The third-order valence-electron chi connectivity index (χ3n) is 2.39. The molecule has 0 spiro atoms. The van der Waals surface area contributed by atoms with Crippen LogP contribution >= 0.6 is 11.6 Å². The molecule has 2 rings (SSSR count). The predicted molar refractivity (Wildman–Crippen MR) is 58.1 cm³/mol. The molecule has 1 heterocycles. The third kappa shape index (κ3) is 2.20. The van der Waals surface area contributed by atoms with Crippen molar-refractivity contribution in [2.45, 2.75) is 6.43 Å². The Morgan fingerprint density at radius 1 is 1.20 bits per heavy atom. The number of benzene rings is 1. The summed E-state index contributed by atoms with van der Waals surface area (Å²) >= 11 is 5.66. The minimum absolute atomic E-state index is 0.421. The van der Waals surface area contributed by atoms with E-state index in [1.807, 2.05) is 0 Å².